The van der Waals surface area contributed by atoms with E-state index in [1.807, 2.05) is 0 Å². The lowest BCUT2D eigenvalue weighted by Crippen LogP contribution is -1.80. The highest BCUT2D eigenvalue weighted by Gasteiger charge is 1.67. The second-order valence-corrected chi connectivity index (χ2v) is 0.758. The maximum absolute atomic E-state index is 8.70. The van der Waals surface area contributed by atoms with Crippen LogP contribution in [0, 0.1) is 0 Å². The Hall–Kier alpha value is 0.0200. The van der Waals surface area contributed by atoms with Crippen molar-refractivity contribution < 1.29 is 9.79 Å². The molecule has 0 saturated heterocycles. The van der Waals surface area contributed by atoms with E-state index in [4.69, 9.17) is 14.9 Å². The summed E-state index contributed by atoms with van der Waals surface area (Å²) in [5.41, 5.74) is 0. The molecule has 0 heterocycles. The van der Waals surface area contributed by atoms with Gasteiger partial charge in [0.25, 0.3) is 0 Å². The third-order valence-corrected chi connectivity index (χ3v) is 0. The van der Waals surface area contributed by atoms with E-state index in [2.05, 4.69) is 0 Å². The summed E-state index contributed by atoms with van der Waals surface area (Å²) in [6, 6.07) is 0. The van der Waals surface area contributed by atoms with E-state index >= 15 is 0 Å². The van der Waals surface area contributed by atoms with Crippen molar-refractivity contribution in [2.75, 3.05) is 0 Å². The summed E-state index contributed by atoms with van der Waals surface area (Å²) in [5, 5.41) is 7.12. The van der Waals surface area contributed by atoms with Crippen molar-refractivity contribution in [3.63, 3.8) is 0 Å². The third-order valence-electron chi connectivity index (χ3n) is 0. The van der Waals surface area contributed by atoms with E-state index in [0.717, 1.165) is 0 Å². The van der Waals surface area contributed by atoms with Gasteiger partial charge >= 0.3 is 8.17 Å². The van der Waals surface area contributed by atoms with E-state index in [-0.39, 0.29) is 0 Å². The Morgan fingerprint density at radius 1 is 2.00 bits per heavy atom. The van der Waals surface area contributed by atoms with Crippen LogP contribution >= 0.6 is 8.17 Å². The molecule has 0 fully saturated rings. The van der Waals surface area contributed by atoms with Crippen LogP contribution in [0.3, 0.4) is 0 Å². The van der Waals surface area contributed by atoms with Crippen molar-refractivity contribution in [3.8, 4) is 0 Å². The Kier molecular flexibility index (Phi) is 1.36. The molecule has 4 heteroatoms. The molecule has 1 radical (unpaired) electrons. The largest absolute Gasteiger partial charge is 0.582 e. The Labute approximate surface area is 24.3 Å². The van der Waals surface area contributed by atoms with Crippen molar-refractivity contribution >= 4 is 8.17 Å². The maximum atomic E-state index is 8.70. The normalized spacial score (nSPS) is 11.0. The molecule has 1 N–H and O–H groups in total. The van der Waals surface area contributed by atoms with Gasteiger partial charge in [-0.1, -0.05) is 0 Å². The molecule has 0 amide bonds. The van der Waals surface area contributed by atoms with Gasteiger partial charge in [0, 0.05) is 0 Å². The molecule has 0 aliphatic carbocycles. The van der Waals surface area contributed by atoms with Crippen molar-refractivity contribution in [1.29, 1.82) is 0 Å². The molecule has 4 heavy (non-hydrogen) atoms. The predicted molar refractivity (Wildman–Crippen MR) is 11.3 cm³/mol. The molecule has 0 aromatic carbocycles. The van der Waals surface area contributed by atoms with Crippen molar-refractivity contribution in [1.82, 2.24) is 5.16 Å². The van der Waals surface area contributed by atoms with Gasteiger partial charge < -0.3 is 4.89 Å². The van der Waals surface area contributed by atoms with Gasteiger partial charge in [0.2, 0.25) is 0 Å². The van der Waals surface area contributed by atoms with Gasteiger partial charge in [-0.2, -0.15) is 4.89 Å². The Morgan fingerprint density at radius 2 is 2.00 bits per heavy atom. The lowest BCUT2D eigenvalue weighted by Gasteiger charge is -1.60. The molecule has 3 nitrogen and oxygen atoms in total. The molecule has 1 unspecified atom stereocenters. The van der Waals surface area contributed by atoms with Gasteiger partial charge in [-0.05, 0) is 0 Å². The first-order valence-corrected chi connectivity index (χ1v) is 1.75. The molecular weight excluding hydrogens is 77.0 g/mol. The second kappa shape index (κ2) is 1.35. The molecule has 0 spiro atoms. The van der Waals surface area contributed by atoms with Crippen LogP contribution in [0.2, 0.25) is 0 Å². The average molecular weight is 78.0 g/mol. The van der Waals surface area contributed by atoms with Gasteiger partial charge in [-0.15, -0.1) is 0 Å². The smallest absolute Gasteiger partial charge is 0.371 e. The summed E-state index contributed by atoms with van der Waals surface area (Å²) in [6.07, 6.45) is 0. The second-order valence-electron chi connectivity index (χ2n) is 0.253. The number of nitrogens with zero attached hydrogens (tertiary/aromatic N) is 1. The quantitative estimate of drug-likeness (QED) is 0.363. The minimum atomic E-state index is -2.87. The van der Waals surface area contributed by atoms with Gasteiger partial charge in [-0.3, -0.25) is 0 Å². The molecular formula is HNO2P. The molecule has 0 aliphatic heterocycles. The summed E-state index contributed by atoms with van der Waals surface area (Å²) in [4.78, 5) is 15.8. The third kappa shape index (κ3) is 5250. The van der Waals surface area contributed by atoms with E-state index in [1.54, 1.807) is 0 Å². The van der Waals surface area contributed by atoms with E-state index in [9.17, 15) is 0 Å². The highest BCUT2D eigenvalue weighted by atomic mass is 31.1. The van der Waals surface area contributed by atoms with Crippen LogP contribution < -0.4 is 10.1 Å². The van der Waals surface area contributed by atoms with Gasteiger partial charge in [0.15, 0.2) is 0 Å². The zero-order valence-electron chi connectivity index (χ0n) is 1.75. The summed E-state index contributed by atoms with van der Waals surface area (Å²) in [6.45, 7) is 0. The average Bonchev–Trinajstić information content (AvgIpc) is 0.811. The molecule has 1 atom stereocenters. The predicted octanol–water partition coefficient (Wildman–Crippen LogP) is -1.37. The van der Waals surface area contributed by atoms with Crippen molar-refractivity contribution in [3.05, 3.63) is 0 Å². The maximum Gasteiger partial charge on any atom is 0.371 e. The Morgan fingerprint density at radius 3 is 2.00 bits per heavy atom. The Balaban J connectivity index is 2.80. The molecule has 23 valence electrons. The Bertz CT molecular complexity index is 29.0. The van der Waals surface area contributed by atoms with Crippen LogP contribution in [0.4, 0.5) is 0 Å². The lowest BCUT2D eigenvalue weighted by molar-refractivity contribution is -0.170. The lowest BCUT2D eigenvalue weighted by atomic mass is 14.0. The van der Waals surface area contributed by atoms with E-state index < -0.39 is 8.17 Å². The molecule has 0 aromatic heterocycles. The fourth-order valence-corrected chi connectivity index (χ4v) is 0. The van der Waals surface area contributed by atoms with Crippen LogP contribution in [-0.2, 0) is 0 Å². The first kappa shape index (κ1) is 4.02. The van der Waals surface area contributed by atoms with Crippen LogP contribution in [0.25, 0.3) is 0 Å². The summed E-state index contributed by atoms with van der Waals surface area (Å²) in [7, 11) is -2.87. The highest BCUT2D eigenvalue weighted by Crippen LogP contribution is 1.87. The zero-order chi connectivity index (χ0) is 3.58. The number of hydrogen-bond acceptors (Lipinski definition) is 1. The summed E-state index contributed by atoms with van der Waals surface area (Å²) in [5.74, 6) is 0. The molecule has 0 bridgehead atoms. The number of hydrogen-bond donors (Lipinski definition) is 1. The fourth-order valence-electron chi connectivity index (χ4n) is 0. The minimum Gasteiger partial charge on any atom is -0.582 e. The molecule has 0 aliphatic rings. The van der Waals surface area contributed by atoms with Crippen molar-refractivity contribution in [2.24, 2.45) is 0 Å². The summed E-state index contributed by atoms with van der Waals surface area (Å²) >= 11 is 0. The topological polar surface area (TPSA) is 65.6 Å². The van der Waals surface area contributed by atoms with Gasteiger partial charge in [0.1, 0.15) is 5.16 Å². The first-order chi connectivity index (χ1) is 1.73. The van der Waals surface area contributed by atoms with Crippen LogP contribution in [0.15, 0.2) is 0 Å². The number of rotatable bonds is 0. The van der Waals surface area contributed by atoms with Crippen LogP contribution in [-0.4, -0.2) is 4.89 Å². The fraction of sp³-hybridized carbons (Fsp3) is 0. The highest BCUT2D eigenvalue weighted by molar-refractivity contribution is 7.31. The van der Waals surface area contributed by atoms with Gasteiger partial charge in [0.05, 0.1) is 0 Å². The molecule has 0 aromatic rings. The van der Waals surface area contributed by atoms with Crippen molar-refractivity contribution in [2.45, 2.75) is 0 Å². The molecule has 0 rings (SSSR count). The SMILES string of the molecule is [N]=[P+]([O-])O. The van der Waals surface area contributed by atoms with E-state index in [1.165, 1.54) is 0 Å². The molecule has 0 saturated carbocycles. The van der Waals surface area contributed by atoms with Crippen LogP contribution in [0.5, 0.6) is 0 Å². The first-order valence-electron chi connectivity index (χ1n) is 0.583. The summed E-state index contributed by atoms with van der Waals surface area (Å²) < 4.78 is 0. The van der Waals surface area contributed by atoms with Gasteiger partial charge in [-0.25, -0.2) is 0 Å². The zero-order valence-corrected chi connectivity index (χ0v) is 2.64. The minimum absolute atomic E-state index is 2.87. The monoisotopic (exact) mass is 78.0 g/mol. The van der Waals surface area contributed by atoms with Crippen LogP contribution in [0.1, 0.15) is 0 Å². The standard InChI is InChI=1S/HNO2P/c1-4(2)3/h(H,2,3). The van der Waals surface area contributed by atoms with E-state index in [0.29, 0.717) is 0 Å².